The minimum atomic E-state index is 0.147. The van der Waals surface area contributed by atoms with E-state index >= 15 is 0 Å². The van der Waals surface area contributed by atoms with Gasteiger partial charge in [-0.25, -0.2) is 0 Å². The van der Waals surface area contributed by atoms with E-state index in [1.807, 2.05) is 19.1 Å². The standard InChI is InChI=1S/C14H22N2O/c1-10(2)6-12(8-15)7-14(17)13-5-4-11(3)16-9-13/h4-5,9-10,12H,6-8,15H2,1-3H3. The van der Waals surface area contributed by atoms with Crippen LogP contribution in [-0.4, -0.2) is 17.3 Å². The highest BCUT2D eigenvalue weighted by Gasteiger charge is 2.15. The molecule has 1 aromatic heterocycles. The van der Waals surface area contributed by atoms with E-state index in [4.69, 9.17) is 5.73 Å². The van der Waals surface area contributed by atoms with Gasteiger partial charge >= 0.3 is 0 Å². The zero-order chi connectivity index (χ0) is 12.8. The molecule has 1 aromatic rings. The lowest BCUT2D eigenvalue weighted by molar-refractivity contribution is 0.0957. The normalized spacial score (nSPS) is 12.8. The van der Waals surface area contributed by atoms with Gasteiger partial charge in [0.05, 0.1) is 0 Å². The summed E-state index contributed by atoms with van der Waals surface area (Å²) in [6, 6.07) is 3.71. The molecular formula is C14H22N2O. The van der Waals surface area contributed by atoms with E-state index in [9.17, 15) is 4.79 Å². The zero-order valence-electron chi connectivity index (χ0n) is 10.9. The number of nitrogens with zero attached hydrogens (tertiary/aromatic N) is 1. The molecule has 94 valence electrons. The third kappa shape index (κ3) is 4.65. The predicted octanol–water partition coefficient (Wildman–Crippen LogP) is 2.58. The fraction of sp³-hybridized carbons (Fsp3) is 0.571. The first-order valence-corrected chi connectivity index (χ1v) is 6.18. The number of carbonyl (C=O) groups is 1. The number of carbonyl (C=O) groups excluding carboxylic acids is 1. The molecule has 0 radical (unpaired) electrons. The first-order chi connectivity index (χ1) is 8.02. The summed E-state index contributed by atoms with van der Waals surface area (Å²) < 4.78 is 0. The molecule has 0 amide bonds. The second kappa shape index (κ2) is 6.50. The van der Waals surface area contributed by atoms with Gasteiger partial charge in [-0.05, 0) is 43.9 Å². The van der Waals surface area contributed by atoms with Crippen LogP contribution >= 0.6 is 0 Å². The molecule has 0 aliphatic carbocycles. The fourth-order valence-electron chi connectivity index (χ4n) is 1.94. The molecule has 0 saturated heterocycles. The van der Waals surface area contributed by atoms with Gasteiger partial charge < -0.3 is 5.73 Å². The van der Waals surface area contributed by atoms with Crippen LogP contribution in [0.15, 0.2) is 18.3 Å². The number of aromatic nitrogens is 1. The fourth-order valence-corrected chi connectivity index (χ4v) is 1.94. The second-order valence-corrected chi connectivity index (χ2v) is 5.05. The number of Topliss-reactive ketones (excluding diaryl/α,β-unsaturated/α-hetero) is 1. The SMILES string of the molecule is Cc1ccc(C(=O)CC(CN)CC(C)C)cn1. The summed E-state index contributed by atoms with van der Waals surface area (Å²) in [6.45, 7) is 6.79. The summed E-state index contributed by atoms with van der Waals surface area (Å²) in [7, 11) is 0. The summed E-state index contributed by atoms with van der Waals surface area (Å²) in [5, 5.41) is 0. The molecule has 0 aromatic carbocycles. The summed E-state index contributed by atoms with van der Waals surface area (Å²) >= 11 is 0. The Morgan fingerprint density at radius 1 is 1.41 bits per heavy atom. The first-order valence-electron chi connectivity index (χ1n) is 6.18. The maximum atomic E-state index is 12.0. The van der Waals surface area contributed by atoms with Crippen molar-refractivity contribution in [2.45, 2.75) is 33.6 Å². The van der Waals surface area contributed by atoms with Gasteiger partial charge in [-0.15, -0.1) is 0 Å². The molecule has 1 unspecified atom stereocenters. The number of pyridine rings is 1. The van der Waals surface area contributed by atoms with Gasteiger partial charge in [0, 0.05) is 23.9 Å². The lowest BCUT2D eigenvalue weighted by atomic mass is 9.91. The lowest BCUT2D eigenvalue weighted by Crippen LogP contribution is -2.20. The zero-order valence-corrected chi connectivity index (χ0v) is 10.9. The van der Waals surface area contributed by atoms with Crippen molar-refractivity contribution in [1.29, 1.82) is 0 Å². The maximum Gasteiger partial charge on any atom is 0.164 e. The van der Waals surface area contributed by atoms with E-state index < -0.39 is 0 Å². The van der Waals surface area contributed by atoms with Gasteiger partial charge in [-0.1, -0.05) is 13.8 Å². The van der Waals surface area contributed by atoms with Crippen molar-refractivity contribution in [2.75, 3.05) is 6.54 Å². The van der Waals surface area contributed by atoms with Gasteiger partial charge in [0.2, 0.25) is 0 Å². The van der Waals surface area contributed by atoms with E-state index in [0.29, 0.717) is 24.4 Å². The molecule has 3 heteroatoms. The van der Waals surface area contributed by atoms with Crippen LogP contribution in [0.2, 0.25) is 0 Å². The Labute approximate surface area is 103 Å². The molecule has 0 spiro atoms. The highest BCUT2D eigenvalue weighted by molar-refractivity contribution is 5.95. The predicted molar refractivity (Wildman–Crippen MR) is 69.9 cm³/mol. The summed E-state index contributed by atoms with van der Waals surface area (Å²) in [4.78, 5) is 16.2. The van der Waals surface area contributed by atoms with Crippen LogP contribution in [0.25, 0.3) is 0 Å². The van der Waals surface area contributed by atoms with E-state index in [0.717, 1.165) is 12.1 Å². The quantitative estimate of drug-likeness (QED) is 0.770. The van der Waals surface area contributed by atoms with Crippen molar-refractivity contribution >= 4 is 5.78 Å². The Kier molecular flexibility index (Phi) is 5.29. The Balaban J connectivity index is 2.61. The monoisotopic (exact) mass is 234 g/mol. The van der Waals surface area contributed by atoms with E-state index in [-0.39, 0.29) is 11.7 Å². The molecule has 1 heterocycles. The Morgan fingerprint density at radius 3 is 2.59 bits per heavy atom. The molecule has 3 nitrogen and oxygen atoms in total. The van der Waals surface area contributed by atoms with Crippen LogP contribution in [0.1, 0.15) is 42.7 Å². The molecule has 0 saturated carbocycles. The van der Waals surface area contributed by atoms with E-state index in [1.165, 1.54) is 0 Å². The number of hydrogen-bond acceptors (Lipinski definition) is 3. The summed E-state index contributed by atoms with van der Waals surface area (Å²) in [5.74, 6) is 1.00. The lowest BCUT2D eigenvalue weighted by Gasteiger charge is -2.16. The molecular weight excluding hydrogens is 212 g/mol. The van der Waals surface area contributed by atoms with E-state index in [2.05, 4.69) is 18.8 Å². The first kappa shape index (κ1) is 13.8. The van der Waals surface area contributed by atoms with Crippen molar-refractivity contribution in [3.63, 3.8) is 0 Å². The number of hydrogen-bond donors (Lipinski definition) is 1. The highest BCUT2D eigenvalue weighted by atomic mass is 16.1. The minimum absolute atomic E-state index is 0.147. The Morgan fingerprint density at radius 2 is 2.12 bits per heavy atom. The van der Waals surface area contributed by atoms with Crippen molar-refractivity contribution in [3.05, 3.63) is 29.6 Å². The molecule has 0 aliphatic heterocycles. The number of aryl methyl sites for hydroxylation is 1. The van der Waals surface area contributed by atoms with Crippen LogP contribution in [0.4, 0.5) is 0 Å². The molecule has 17 heavy (non-hydrogen) atoms. The third-order valence-corrected chi connectivity index (χ3v) is 2.85. The number of nitrogens with two attached hydrogens (primary N) is 1. The minimum Gasteiger partial charge on any atom is -0.330 e. The van der Waals surface area contributed by atoms with Crippen molar-refractivity contribution in [1.82, 2.24) is 4.98 Å². The molecule has 0 bridgehead atoms. The van der Waals surface area contributed by atoms with Crippen molar-refractivity contribution in [2.24, 2.45) is 17.6 Å². The van der Waals surface area contributed by atoms with Crippen LogP contribution in [0.5, 0.6) is 0 Å². The maximum absolute atomic E-state index is 12.0. The topological polar surface area (TPSA) is 56.0 Å². The average molecular weight is 234 g/mol. The van der Waals surface area contributed by atoms with Gasteiger partial charge in [-0.2, -0.15) is 0 Å². The molecule has 1 rings (SSSR count). The second-order valence-electron chi connectivity index (χ2n) is 5.05. The molecule has 0 fully saturated rings. The summed E-state index contributed by atoms with van der Waals surface area (Å²) in [5.41, 5.74) is 7.33. The average Bonchev–Trinajstić information content (AvgIpc) is 2.28. The Bertz CT molecular complexity index is 357. The smallest absolute Gasteiger partial charge is 0.164 e. The van der Waals surface area contributed by atoms with Crippen LogP contribution in [0.3, 0.4) is 0 Å². The van der Waals surface area contributed by atoms with Crippen molar-refractivity contribution in [3.8, 4) is 0 Å². The van der Waals surface area contributed by atoms with Gasteiger partial charge in [0.1, 0.15) is 0 Å². The summed E-state index contributed by atoms with van der Waals surface area (Å²) in [6.07, 6.45) is 3.18. The number of ketones is 1. The van der Waals surface area contributed by atoms with Crippen LogP contribution in [-0.2, 0) is 0 Å². The van der Waals surface area contributed by atoms with Gasteiger partial charge in [-0.3, -0.25) is 9.78 Å². The highest BCUT2D eigenvalue weighted by Crippen LogP contribution is 2.17. The Hall–Kier alpha value is -1.22. The van der Waals surface area contributed by atoms with Crippen molar-refractivity contribution < 1.29 is 4.79 Å². The molecule has 1 atom stereocenters. The molecule has 2 N–H and O–H groups in total. The van der Waals surface area contributed by atoms with Crippen LogP contribution in [0, 0.1) is 18.8 Å². The van der Waals surface area contributed by atoms with Gasteiger partial charge in [0.15, 0.2) is 5.78 Å². The molecule has 0 aliphatic rings. The third-order valence-electron chi connectivity index (χ3n) is 2.85. The van der Waals surface area contributed by atoms with Gasteiger partial charge in [0.25, 0.3) is 0 Å². The van der Waals surface area contributed by atoms with E-state index in [1.54, 1.807) is 6.20 Å². The van der Waals surface area contributed by atoms with Crippen LogP contribution < -0.4 is 5.73 Å². The largest absolute Gasteiger partial charge is 0.330 e. The number of rotatable bonds is 6.